The Morgan fingerprint density at radius 2 is 1.88 bits per heavy atom. The summed E-state index contributed by atoms with van der Waals surface area (Å²) in [5.41, 5.74) is 2.04. The minimum Gasteiger partial charge on any atom is -0.435 e. The average Bonchev–Trinajstić information content (AvgIpc) is 3.08. The number of carbonyl (C=O) groups excluding carboxylic acids is 1. The lowest BCUT2D eigenvalue weighted by Gasteiger charge is -2.05. The van der Waals surface area contributed by atoms with Crippen LogP contribution in [0.5, 0.6) is 5.75 Å². The number of H-pyrrole nitrogens is 1. The third kappa shape index (κ3) is 4.02. The molecule has 0 aliphatic carbocycles. The van der Waals surface area contributed by atoms with E-state index < -0.39 is 18.3 Å². The second kappa shape index (κ2) is 7.30. The molecule has 0 saturated carbocycles. The number of aromatic nitrogens is 2. The van der Waals surface area contributed by atoms with E-state index in [9.17, 15) is 18.0 Å². The SMILES string of the molecule is Cc1ccc(F)c(NC(=O)c2cc(-c3ccc(OC(F)F)cc3)n[nH]2)c1. The van der Waals surface area contributed by atoms with Gasteiger partial charge in [0, 0.05) is 5.56 Å². The molecule has 0 aliphatic heterocycles. The van der Waals surface area contributed by atoms with E-state index in [1.807, 2.05) is 0 Å². The second-order valence-corrected chi connectivity index (χ2v) is 5.51. The van der Waals surface area contributed by atoms with Crippen LogP contribution in [0, 0.1) is 12.7 Å². The van der Waals surface area contributed by atoms with E-state index in [4.69, 9.17) is 0 Å². The summed E-state index contributed by atoms with van der Waals surface area (Å²) in [4.78, 5) is 12.2. The quantitative estimate of drug-likeness (QED) is 0.709. The normalized spacial score (nSPS) is 10.8. The van der Waals surface area contributed by atoms with Crippen molar-refractivity contribution in [3.63, 3.8) is 0 Å². The molecule has 0 saturated heterocycles. The average molecular weight is 361 g/mol. The van der Waals surface area contributed by atoms with Gasteiger partial charge < -0.3 is 10.1 Å². The fraction of sp³-hybridized carbons (Fsp3) is 0.111. The number of nitrogens with one attached hydrogen (secondary N) is 2. The maximum Gasteiger partial charge on any atom is 0.387 e. The van der Waals surface area contributed by atoms with Gasteiger partial charge in [-0.05, 0) is 55.0 Å². The number of hydrogen-bond donors (Lipinski definition) is 2. The summed E-state index contributed by atoms with van der Waals surface area (Å²) in [7, 11) is 0. The van der Waals surface area contributed by atoms with Gasteiger partial charge in [-0.2, -0.15) is 13.9 Å². The van der Waals surface area contributed by atoms with Crippen molar-refractivity contribution in [2.45, 2.75) is 13.5 Å². The molecule has 2 N–H and O–H groups in total. The topological polar surface area (TPSA) is 67.0 Å². The Labute approximate surface area is 146 Å². The highest BCUT2D eigenvalue weighted by Gasteiger charge is 2.14. The molecule has 0 unspecified atom stereocenters. The first-order valence-corrected chi connectivity index (χ1v) is 7.60. The zero-order chi connectivity index (χ0) is 18.7. The maximum absolute atomic E-state index is 13.7. The molecule has 8 heteroatoms. The van der Waals surface area contributed by atoms with Gasteiger partial charge in [0.05, 0.1) is 11.4 Å². The van der Waals surface area contributed by atoms with Crippen molar-refractivity contribution in [1.29, 1.82) is 0 Å². The molecule has 0 fully saturated rings. The van der Waals surface area contributed by atoms with Crippen LogP contribution in [0.25, 0.3) is 11.3 Å². The lowest BCUT2D eigenvalue weighted by molar-refractivity contribution is -0.0498. The smallest absolute Gasteiger partial charge is 0.387 e. The van der Waals surface area contributed by atoms with E-state index in [-0.39, 0.29) is 17.1 Å². The molecule has 0 bridgehead atoms. The zero-order valence-electron chi connectivity index (χ0n) is 13.6. The molecule has 5 nitrogen and oxygen atoms in total. The molecule has 1 aromatic heterocycles. The predicted molar refractivity (Wildman–Crippen MR) is 89.7 cm³/mol. The van der Waals surface area contributed by atoms with Crippen LogP contribution in [0.2, 0.25) is 0 Å². The molecule has 134 valence electrons. The number of aryl methyl sites for hydroxylation is 1. The van der Waals surface area contributed by atoms with Crippen LogP contribution < -0.4 is 10.1 Å². The molecule has 0 aliphatic rings. The highest BCUT2D eigenvalue weighted by atomic mass is 19.3. The summed E-state index contributed by atoms with van der Waals surface area (Å²) in [5, 5.41) is 9.05. The van der Waals surface area contributed by atoms with Crippen molar-refractivity contribution in [3.05, 3.63) is 65.6 Å². The van der Waals surface area contributed by atoms with E-state index in [2.05, 4.69) is 20.3 Å². The lowest BCUT2D eigenvalue weighted by Crippen LogP contribution is -2.13. The van der Waals surface area contributed by atoms with Crippen LogP contribution in [-0.4, -0.2) is 22.7 Å². The Balaban J connectivity index is 1.74. The number of alkyl halides is 2. The largest absolute Gasteiger partial charge is 0.435 e. The Morgan fingerprint density at radius 1 is 1.15 bits per heavy atom. The van der Waals surface area contributed by atoms with Crippen LogP contribution in [0.3, 0.4) is 0 Å². The van der Waals surface area contributed by atoms with E-state index >= 15 is 0 Å². The van der Waals surface area contributed by atoms with Crippen molar-refractivity contribution in [2.75, 3.05) is 5.32 Å². The predicted octanol–water partition coefficient (Wildman–Crippen LogP) is 4.38. The fourth-order valence-corrected chi connectivity index (χ4v) is 2.32. The van der Waals surface area contributed by atoms with E-state index in [1.54, 1.807) is 13.0 Å². The van der Waals surface area contributed by atoms with Crippen LogP contribution in [0.15, 0.2) is 48.5 Å². The molecule has 3 rings (SSSR count). The molecular weight excluding hydrogens is 347 g/mol. The van der Waals surface area contributed by atoms with Gasteiger partial charge in [-0.3, -0.25) is 9.89 Å². The number of hydrogen-bond acceptors (Lipinski definition) is 3. The number of nitrogens with zero attached hydrogens (tertiary/aromatic N) is 1. The van der Waals surface area contributed by atoms with Crippen molar-refractivity contribution in [3.8, 4) is 17.0 Å². The highest BCUT2D eigenvalue weighted by Crippen LogP contribution is 2.23. The van der Waals surface area contributed by atoms with Crippen LogP contribution in [0.4, 0.5) is 18.9 Å². The summed E-state index contributed by atoms with van der Waals surface area (Å²) in [6, 6.07) is 11.7. The summed E-state index contributed by atoms with van der Waals surface area (Å²) in [6.45, 7) is -1.12. The molecule has 26 heavy (non-hydrogen) atoms. The Bertz CT molecular complexity index is 924. The van der Waals surface area contributed by atoms with Crippen LogP contribution >= 0.6 is 0 Å². The molecular formula is C18H14F3N3O2. The number of amides is 1. The van der Waals surface area contributed by atoms with Gasteiger partial charge in [-0.25, -0.2) is 4.39 Å². The minimum absolute atomic E-state index is 0.0205. The van der Waals surface area contributed by atoms with Gasteiger partial charge in [0.25, 0.3) is 5.91 Å². The van der Waals surface area contributed by atoms with Gasteiger partial charge in [0.15, 0.2) is 0 Å². The first kappa shape index (κ1) is 17.5. The van der Waals surface area contributed by atoms with Gasteiger partial charge in [0.2, 0.25) is 0 Å². The Kier molecular flexibility index (Phi) is 4.92. The van der Waals surface area contributed by atoms with Gasteiger partial charge in [-0.1, -0.05) is 6.07 Å². The van der Waals surface area contributed by atoms with Crippen molar-refractivity contribution in [1.82, 2.24) is 10.2 Å². The lowest BCUT2D eigenvalue weighted by atomic mass is 10.1. The fourth-order valence-electron chi connectivity index (χ4n) is 2.32. The molecule has 1 heterocycles. The van der Waals surface area contributed by atoms with E-state index in [0.29, 0.717) is 11.3 Å². The first-order valence-electron chi connectivity index (χ1n) is 7.60. The molecule has 0 atom stereocenters. The van der Waals surface area contributed by atoms with Gasteiger partial charge >= 0.3 is 6.61 Å². The third-order valence-electron chi connectivity index (χ3n) is 3.57. The molecule has 3 aromatic rings. The molecule has 0 spiro atoms. The molecule has 0 radical (unpaired) electrons. The maximum atomic E-state index is 13.7. The second-order valence-electron chi connectivity index (χ2n) is 5.51. The van der Waals surface area contributed by atoms with E-state index in [1.165, 1.54) is 42.5 Å². The molecule has 1 amide bonds. The first-order chi connectivity index (χ1) is 12.4. The summed E-state index contributed by atoms with van der Waals surface area (Å²) < 4.78 is 42.3. The van der Waals surface area contributed by atoms with Gasteiger partial charge in [-0.15, -0.1) is 0 Å². The number of benzene rings is 2. The number of rotatable bonds is 5. The van der Waals surface area contributed by atoms with E-state index in [0.717, 1.165) is 5.56 Å². The van der Waals surface area contributed by atoms with Crippen LogP contribution in [0.1, 0.15) is 16.1 Å². The monoisotopic (exact) mass is 361 g/mol. The summed E-state index contributed by atoms with van der Waals surface area (Å²) in [5.74, 6) is -1.07. The number of carbonyl (C=O) groups is 1. The standard InChI is InChI=1S/C18H14F3N3O2/c1-10-2-7-13(19)15(8-10)22-17(25)16-9-14(23-24-16)11-3-5-12(6-4-11)26-18(20)21/h2-9,18H,1H3,(H,22,25)(H,23,24). The third-order valence-corrected chi connectivity index (χ3v) is 3.57. The summed E-state index contributed by atoms with van der Waals surface area (Å²) >= 11 is 0. The van der Waals surface area contributed by atoms with Crippen molar-refractivity contribution < 1.29 is 22.7 Å². The number of ether oxygens (including phenoxy) is 1. The summed E-state index contributed by atoms with van der Waals surface area (Å²) in [6.07, 6.45) is 0. The van der Waals surface area contributed by atoms with Crippen molar-refractivity contribution in [2.24, 2.45) is 0 Å². The number of aromatic amines is 1. The number of anilines is 1. The minimum atomic E-state index is -2.90. The number of halogens is 3. The van der Waals surface area contributed by atoms with Crippen molar-refractivity contribution >= 4 is 11.6 Å². The zero-order valence-corrected chi connectivity index (χ0v) is 13.6. The van der Waals surface area contributed by atoms with Crippen LogP contribution in [-0.2, 0) is 0 Å². The highest BCUT2D eigenvalue weighted by molar-refractivity contribution is 6.03. The van der Waals surface area contributed by atoms with Gasteiger partial charge in [0.1, 0.15) is 17.3 Å². The Morgan fingerprint density at radius 3 is 2.58 bits per heavy atom. The molecule has 2 aromatic carbocycles. The Hall–Kier alpha value is -3.29.